The minimum atomic E-state index is -4.56. The Morgan fingerprint density at radius 1 is 1.32 bits per heavy atom. The number of hydrogen-bond acceptors (Lipinski definition) is 3. The van der Waals surface area contributed by atoms with Gasteiger partial charge in [-0.15, -0.1) is 5.10 Å². The summed E-state index contributed by atoms with van der Waals surface area (Å²) in [5, 5.41) is 15.3. The molecule has 0 saturated carbocycles. The third kappa shape index (κ3) is 2.84. The van der Waals surface area contributed by atoms with Gasteiger partial charge in [-0.05, 0) is 18.2 Å². The molecule has 0 saturated heterocycles. The minimum Gasteiger partial charge on any atom is -0.476 e. The van der Waals surface area contributed by atoms with Gasteiger partial charge in [-0.3, -0.25) is 0 Å². The van der Waals surface area contributed by atoms with Crippen molar-refractivity contribution in [3.63, 3.8) is 0 Å². The third-order valence-electron chi connectivity index (χ3n) is 2.19. The normalized spacial score (nSPS) is 11.6. The molecule has 19 heavy (non-hydrogen) atoms. The first-order valence-corrected chi connectivity index (χ1v) is 5.19. The van der Waals surface area contributed by atoms with Crippen LogP contribution >= 0.6 is 11.6 Å². The number of carbonyl (C=O) groups is 1. The number of hydrogen-bond donors (Lipinski definition) is 1. The summed E-state index contributed by atoms with van der Waals surface area (Å²) in [4.78, 5) is 10.6. The van der Waals surface area contributed by atoms with Gasteiger partial charge in [-0.2, -0.15) is 13.2 Å². The highest BCUT2D eigenvalue weighted by Gasteiger charge is 2.31. The lowest BCUT2D eigenvalue weighted by Crippen LogP contribution is -2.06. The lowest BCUT2D eigenvalue weighted by atomic mass is 10.2. The maximum Gasteiger partial charge on any atom is 0.416 e. The van der Waals surface area contributed by atoms with Crippen LogP contribution in [0.5, 0.6) is 0 Å². The number of halogens is 4. The molecule has 1 N–H and O–H groups in total. The van der Waals surface area contributed by atoms with Crippen molar-refractivity contribution >= 4 is 17.6 Å². The molecule has 0 bridgehead atoms. The first kappa shape index (κ1) is 13.3. The molecule has 0 aliphatic rings. The van der Waals surface area contributed by atoms with Crippen LogP contribution in [0.4, 0.5) is 13.2 Å². The zero-order valence-corrected chi connectivity index (χ0v) is 9.77. The molecule has 1 heterocycles. The summed E-state index contributed by atoms with van der Waals surface area (Å²) >= 11 is 5.60. The summed E-state index contributed by atoms with van der Waals surface area (Å²) in [5.41, 5.74) is -1.37. The van der Waals surface area contributed by atoms with Gasteiger partial charge >= 0.3 is 12.1 Å². The van der Waals surface area contributed by atoms with Crippen molar-refractivity contribution in [2.24, 2.45) is 0 Å². The SMILES string of the molecule is O=C(O)c1cn(-c2cc(Cl)cc(C(F)(F)F)c2)nn1. The summed E-state index contributed by atoms with van der Waals surface area (Å²) in [7, 11) is 0. The standard InChI is InChI=1S/C10H5ClF3N3O2/c11-6-1-5(10(12,13)14)2-7(3-6)17-4-8(9(18)19)15-16-17/h1-4H,(H,18,19). The molecule has 1 aromatic heterocycles. The van der Waals surface area contributed by atoms with E-state index < -0.39 is 17.7 Å². The number of benzene rings is 1. The average Bonchev–Trinajstić information content (AvgIpc) is 2.76. The van der Waals surface area contributed by atoms with Gasteiger partial charge in [0.05, 0.1) is 17.4 Å². The van der Waals surface area contributed by atoms with Gasteiger partial charge in [0.1, 0.15) is 0 Å². The maximum absolute atomic E-state index is 12.6. The van der Waals surface area contributed by atoms with Crippen LogP contribution in [0.25, 0.3) is 5.69 Å². The summed E-state index contributed by atoms with van der Waals surface area (Å²) in [6, 6.07) is 2.78. The monoisotopic (exact) mass is 291 g/mol. The topological polar surface area (TPSA) is 68.0 Å². The molecule has 5 nitrogen and oxygen atoms in total. The van der Waals surface area contributed by atoms with E-state index in [1.807, 2.05) is 0 Å². The molecule has 2 rings (SSSR count). The Morgan fingerprint density at radius 3 is 2.53 bits per heavy atom. The summed E-state index contributed by atoms with van der Waals surface area (Å²) in [6.45, 7) is 0. The van der Waals surface area contributed by atoms with Crippen molar-refractivity contribution in [1.29, 1.82) is 0 Å². The fourth-order valence-electron chi connectivity index (χ4n) is 1.36. The first-order valence-electron chi connectivity index (χ1n) is 4.81. The molecule has 0 unspecified atom stereocenters. The molecular weight excluding hydrogens is 287 g/mol. The van der Waals surface area contributed by atoms with Crippen molar-refractivity contribution in [1.82, 2.24) is 15.0 Å². The molecule has 1 aromatic carbocycles. The predicted molar refractivity (Wildman–Crippen MR) is 58.3 cm³/mol. The maximum atomic E-state index is 12.6. The van der Waals surface area contributed by atoms with Crippen LogP contribution in [0.15, 0.2) is 24.4 Å². The molecule has 0 amide bonds. The van der Waals surface area contributed by atoms with Crippen LogP contribution in [-0.4, -0.2) is 26.1 Å². The van der Waals surface area contributed by atoms with Gasteiger partial charge in [0.25, 0.3) is 0 Å². The smallest absolute Gasteiger partial charge is 0.416 e. The van der Waals surface area contributed by atoms with E-state index in [-0.39, 0.29) is 16.4 Å². The van der Waals surface area contributed by atoms with Crippen molar-refractivity contribution in [3.8, 4) is 5.69 Å². The Labute approximate surface area is 109 Å². The van der Waals surface area contributed by atoms with Crippen molar-refractivity contribution in [2.45, 2.75) is 6.18 Å². The second-order valence-corrected chi connectivity index (χ2v) is 3.99. The van der Waals surface area contributed by atoms with Crippen molar-refractivity contribution in [2.75, 3.05) is 0 Å². The zero-order valence-electron chi connectivity index (χ0n) is 9.02. The second kappa shape index (κ2) is 4.54. The van der Waals surface area contributed by atoms with Gasteiger partial charge < -0.3 is 5.11 Å². The average molecular weight is 292 g/mol. The molecule has 0 aliphatic heterocycles. The van der Waals surface area contributed by atoms with Crippen molar-refractivity contribution in [3.05, 3.63) is 40.7 Å². The van der Waals surface area contributed by atoms with Crippen LogP contribution in [0.2, 0.25) is 5.02 Å². The lowest BCUT2D eigenvalue weighted by molar-refractivity contribution is -0.137. The van der Waals surface area contributed by atoms with E-state index in [4.69, 9.17) is 16.7 Å². The van der Waals surface area contributed by atoms with E-state index in [1.54, 1.807) is 0 Å². The fourth-order valence-corrected chi connectivity index (χ4v) is 1.59. The Morgan fingerprint density at radius 2 is 2.00 bits per heavy atom. The second-order valence-electron chi connectivity index (χ2n) is 3.55. The van der Waals surface area contributed by atoms with E-state index in [2.05, 4.69) is 10.3 Å². The molecule has 0 atom stereocenters. The molecule has 0 aliphatic carbocycles. The largest absolute Gasteiger partial charge is 0.476 e. The highest BCUT2D eigenvalue weighted by atomic mass is 35.5. The van der Waals surface area contributed by atoms with E-state index in [1.165, 1.54) is 6.07 Å². The van der Waals surface area contributed by atoms with Crippen LogP contribution in [0, 0.1) is 0 Å². The summed E-state index contributed by atoms with van der Waals surface area (Å²) in [6.07, 6.45) is -3.57. The van der Waals surface area contributed by atoms with Crippen LogP contribution in [0.3, 0.4) is 0 Å². The number of nitrogens with zero attached hydrogens (tertiary/aromatic N) is 3. The number of aromatic carboxylic acids is 1. The first-order chi connectivity index (χ1) is 8.77. The van der Waals surface area contributed by atoms with Gasteiger partial charge in [-0.25, -0.2) is 9.48 Å². The number of carboxylic acids is 1. The Hall–Kier alpha value is -2.09. The highest BCUT2D eigenvalue weighted by Crippen LogP contribution is 2.32. The molecule has 2 aromatic rings. The van der Waals surface area contributed by atoms with Crippen LogP contribution in [0.1, 0.15) is 16.1 Å². The van der Waals surface area contributed by atoms with Crippen molar-refractivity contribution < 1.29 is 23.1 Å². The third-order valence-corrected chi connectivity index (χ3v) is 2.41. The molecule has 0 fully saturated rings. The number of carboxylic acid groups (broad SMARTS) is 1. The summed E-state index contributed by atoms with van der Waals surface area (Å²) in [5.74, 6) is -1.33. The number of rotatable bonds is 2. The van der Waals surface area contributed by atoms with E-state index in [0.717, 1.165) is 23.0 Å². The van der Waals surface area contributed by atoms with E-state index in [0.29, 0.717) is 0 Å². The van der Waals surface area contributed by atoms with E-state index >= 15 is 0 Å². The molecular formula is C10H5ClF3N3O2. The highest BCUT2D eigenvalue weighted by molar-refractivity contribution is 6.30. The predicted octanol–water partition coefficient (Wildman–Crippen LogP) is 2.64. The minimum absolute atomic E-state index is 0.0279. The molecule has 100 valence electrons. The van der Waals surface area contributed by atoms with Gasteiger partial charge in [0, 0.05) is 5.02 Å². The Bertz CT molecular complexity index is 639. The number of alkyl halides is 3. The van der Waals surface area contributed by atoms with E-state index in [9.17, 15) is 18.0 Å². The van der Waals surface area contributed by atoms with Gasteiger partial charge in [0.2, 0.25) is 0 Å². The lowest BCUT2D eigenvalue weighted by Gasteiger charge is -2.09. The van der Waals surface area contributed by atoms with Gasteiger partial charge in [0.15, 0.2) is 5.69 Å². The quantitative estimate of drug-likeness (QED) is 0.923. The molecule has 0 spiro atoms. The van der Waals surface area contributed by atoms with Gasteiger partial charge in [-0.1, -0.05) is 16.8 Å². The fraction of sp³-hybridized carbons (Fsp3) is 0.100. The van der Waals surface area contributed by atoms with Crippen LogP contribution in [-0.2, 0) is 6.18 Å². The van der Waals surface area contributed by atoms with Crippen LogP contribution < -0.4 is 0 Å². The zero-order chi connectivity index (χ0) is 14.2. The molecule has 0 radical (unpaired) electrons. The Kier molecular flexibility index (Phi) is 3.19. The Balaban J connectivity index is 2.50. The molecule has 9 heteroatoms. The number of aromatic nitrogens is 3. The summed E-state index contributed by atoms with van der Waals surface area (Å²) < 4.78 is 38.7.